The highest BCUT2D eigenvalue weighted by atomic mass is 35.5. The minimum absolute atomic E-state index is 0.291. The summed E-state index contributed by atoms with van der Waals surface area (Å²) < 4.78 is 5.33. The molecule has 0 radical (unpaired) electrons. The van der Waals surface area contributed by atoms with Gasteiger partial charge in [0.1, 0.15) is 0 Å². The lowest BCUT2D eigenvalue weighted by Gasteiger charge is -2.27. The molecule has 1 aromatic carbocycles. The zero-order valence-corrected chi connectivity index (χ0v) is 11.6. The summed E-state index contributed by atoms with van der Waals surface area (Å²) in [6, 6.07) is 8.30. The average Bonchev–Trinajstić information content (AvgIpc) is 2.40. The van der Waals surface area contributed by atoms with Crippen molar-refractivity contribution in [2.24, 2.45) is 0 Å². The Kier molecular flexibility index (Phi) is 5.45. The van der Waals surface area contributed by atoms with E-state index in [-0.39, 0.29) is 0 Å². The van der Waals surface area contributed by atoms with Gasteiger partial charge in [0.25, 0.3) is 0 Å². The molecule has 1 aliphatic rings. The molecule has 0 aliphatic carbocycles. The topological polar surface area (TPSA) is 24.5 Å². The maximum Gasteiger partial charge on any atom is 0.0594 e. The Labute approximate surface area is 114 Å². The quantitative estimate of drug-likeness (QED) is 0.887. The van der Waals surface area contributed by atoms with Gasteiger partial charge in [0.05, 0.1) is 13.2 Å². The zero-order valence-electron chi connectivity index (χ0n) is 10.9. The highest BCUT2D eigenvalue weighted by Gasteiger charge is 2.11. The van der Waals surface area contributed by atoms with E-state index in [4.69, 9.17) is 16.3 Å². The summed E-state index contributed by atoms with van der Waals surface area (Å²) in [5.41, 5.74) is 1.17. The molecule has 1 fully saturated rings. The smallest absolute Gasteiger partial charge is 0.0594 e. The van der Waals surface area contributed by atoms with Gasteiger partial charge in [0, 0.05) is 37.2 Å². The first kappa shape index (κ1) is 13.8. The van der Waals surface area contributed by atoms with Crippen molar-refractivity contribution in [2.45, 2.75) is 13.0 Å². The maximum atomic E-state index is 6.18. The predicted octanol–water partition coefficient (Wildman–Crippen LogP) is 2.32. The highest BCUT2D eigenvalue weighted by Crippen LogP contribution is 2.21. The molecular weight excluding hydrogens is 248 g/mol. The SMILES string of the molecule is CC(NCCN1CCOCC1)c1ccccc1Cl. The number of benzene rings is 1. The zero-order chi connectivity index (χ0) is 12.8. The van der Waals surface area contributed by atoms with Crippen LogP contribution in [0, 0.1) is 0 Å². The van der Waals surface area contributed by atoms with Crippen molar-refractivity contribution in [3.8, 4) is 0 Å². The molecule has 1 heterocycles. The number of nitrogens with zero attached hydrogens (tertiary/aromatic N) is 1. The molecule has 100 valence electrons. The molecule has 2 rings (SSSR count). The van der Waals surface area contributed by atoms with Crippen LogP contribution in [0.2, 0.25) is 5.02 Å². The fourth-order valence-corrected chi connectivity index (χ4v) is 2.50. The van der Waals surface area contributed by atoms with Gasteiger partial charge in [-0.1, -0.05) is 29.8 Å². The van der Waals surface area contributed by atoms with E-state index in [1.54, 1.807) is 0 Å². The summed E-state index contributed by atoms with van der Waals surface area (Å²) in [5.74, 6) is 0. The van der Waals surface area contributed by atoms with Crippen molar-refractivity contribution in [3.05, 3.63) is 34.9 Å². The second kappa shape index (κ2) is 7.10. The highest BCUT2D eigenvalue weighted by molar-refractivity contribution is 6.31. The lowest BCUT2D eigenvalue weighted by Crippen LogP contribution is -2.40. The number of halogens is 1. The maximum absolute atomic E-state index is 6.18. The lowest BCUT2D eigenvalue weighted by molar-refractivity contribution is 0.0382. The Morgan fingerprint density at radius 1 is 1.33 bits per heavy atom. The van der Waals surface area contributed by atoms with Gasteiger partial charge >= 0.3 is 0 Å². The summed E-state index contributed by atoms with van der Waals surface area (Å²) in [7, 11) is 0. The third kappa shape index (κ3) is 3.95. The summed E-state index contributed by atoms with van der Waals surface area (Å²) in [4.78, 5) is 2.43. The predicted molar refractivity (Wildman–Crippen MR) is 75.1 cm³/mol. The summed E-state index contributed by atoms with van der Waals surface area (Å²) in [6.45, 7) is 8.01. The van der Waals surface area contributed by atoms with E-state index in [9.17, 15) is 0 Å². The number of rotatable bonds is 5. The standard InChI is InChI=1S/C14H21ClN2O/c1-12(13-4-2-3-5-14(13)15)16-6-7-17-8-10-18-11-9-17/h2-5,12,16H,6-11H2,1H3. The van der Waals surface area contributed by atoms with Crippen molar-refractivity contribution in [3.63, 3.8) is 0 Å². The van der Waals surface area contributed by atoms with E-state index >= 15 is 0 Å². The van der Waals surface area contributed by atoms with Crippen molar-refractivity contribution in [1.29, 1.82) is 0 Å². The Hall–Kier alpha value is -0.610. The van der Waals surface area contributed by atoms with Crippen LogP contribution >= 0.6 is 11.6 Å². The van der Waals surface area contributed by atoms with Crippen LogP contribution in [0.5, 0.6) is 0 Å². The molecule has 0 spiro atoms. The van der Waals surface area contributed by atoms with Crippen molar-refractivity contribution >= 4 is 11.6 Å². The van der Waals surface area contributed by atoms with Gasteiger partial charge in [-0.3, -0.25) is 4.90 Å². The van der Waals surface area contributed by atoms with Gasteiger partial charge in [-0.2, -0.15) is 0 Å². The van der Waals surface area contributed by atoms with E-state index in [0.717, 1.165) is 44.4 Å². The largest absolute Gasteiger partial charge is 0.379 e. The first-order valence-electron chi connectivity index (χ1n) is 6.55. The molecule has 0 bridgehead atoms. The third-order valence-corrected chi connectivity index (χ3v) is 3.70. The fourth-order valence-electron chi connectivity index (χ4n) is 2.20. The van der Waals surface area contributed by atoms with Crippen LogP contribution in [0.4, 0.5) is 0 Å². The van der Waals surface area contributed by atoms with Crippen LogP contribution in [0.1, 0.15) is 18.5 Å². The molecule has 4 heteroatoms. The Balaban J connectivity index is 1.74. The Morgan fingerprint density at radius 2 is 2.06 bits per heavy atom. The van der Waals surface area contributed by atoms with Gasteiger partial charge < -0.3 is 10.1 Å². The van der Waals surface area contributed by atoms with Crippen LogP contribution in [-0.4, -0.2) is 44.3 Å². The molecular formula is C14H21ClN2O. The summed E-state index contributed by atoms with van der Waals surface area (Å²) in [6.07, 6.45) is 0. The van der Waals surface area contributed by atoms with Gasteiger partial charge in [0.2, 0.25) is 0 Å². The van der Waals surface area contributed by atoms with Crippen LogP contribution < -0.4 is 5.32 Å². The average molecular weight is 269 g/mol. The minimum atomic E-state index is 0.291. The Morgan fingerprint density at radius 3 is 2.78 bits per heavy atom. The number of nitrogens with one attached hydrogen (secondary N) is 1. The van der Waals surface area contributed by atoms with Crippen LogP contribution in [0.3, 0.4) is 0 Å². The van der Waals surface area contributed by atoms with E-state index < -0.39 is 0 Å². The summed E-state index contributed by atoms with van der Waals surface area (Å²) in [5, 5.41) is 4.36. The second-order valence-corrected chi connectivity index (χ2v) is 5.06. The van der Waals surface area contributed by atoms with Gasteiger partial charge in [0.15, 0.2) is 0 Å². The Bertz CT molecular complexity index is 367. The number of hydrogen-bond donors (Lipinski definition) is 1. The van der Waals surface area contributed by atoms with Crippen molar-refractivity contribution in [2.75, 3.05) is 39.4 Å². The minimum Gasteiger partial charge on any atom is -0.379 e. The van der Waals surface area contributed by atoms with E-state index in [1.165, 1.54) is 5.56 Å². The fraction of sp³-hybridized carbons (Fsp3) is 0.571. The first-order chi connectivity index (χ1) is 8.77. The molecule has 1 saturated heterocycles. The van der Waals surface area contributed by atoms with Crippen LogP contribution in [0.15, 0.2) is 24.3 Å². The first-order valence-corrected chi connectivity index (χ1v) is 6.93. The van der Waals surface area contributed by atoms with E-state index in [1.807, 2.05) is 18.2 Å². The van der Waals surface area contributed by atoms with E-state index in [2.05, 4.69) is 23.2 Å². The number of hydrogen-bond acceptors (Lipinski definition) is 3. The van der Waals surface area contributed by atoms with Gasteiger partial charge in [-0.15, -0.1) is 0 Å². The summed E-state index contributed by atoms with van der Waals surface area (Å²) >= 11 is 6.18. The number of ether oxygens (including phenoxy) is 1. The lowest BCUT2D eigenvalue weighted by atomic mass is 10.1. The monoisotopic (exact) mass is 268 g/mol. The molecule has 3 nitrogen and oxygen atoms in total. The number of morpholine rings is 1. The van der Waals surface area contributed by atoms with Gasteiger partial charge in [-0.05, 0) is 18.6 Å². The van der Waals surface area contributed by atoms with Crippen LogP contribution in [-0.2, 0) is 4.74 Å². The molecule has 1 aromatic rings. The molecule has 0 amide bonds. The molecule has 0 aromatic heterocycles. The van der Waals surface area contributed by atoms with Crippen LogP contribution in [0.25, 0.3) is 0 Å². The molecule has 1 aliphatic heterocycles. The molecule has 0 saturated carbocycles. The third-order valence-electron chi connectivity index (χ3n) is 3.35. The second-order valence-electron chi connectivity index (χ2n) is 4.65. The normalized spacial score (nSPS) is 18.8. The molecule has 1 atom stereocenters. The van der Waals surface area contributed by atoms with Crippen molar-refractivity contribution < 1.29 is 4.74 Å². The molecule has 18 heavy (non-hydrogen) atoms. The molecule has 1 unspecified atom stereocenters. The molecule has 1 N–H and O–H groups in total. The van der Waals surface area contributed by atoms with Crippen molar-refractivity contribution in [1.82, 2.24) is 10.2 Å². The van der Waals surface area contributed by atoms with E-state index in [0.29, 0.717) is 6.04 Å². The van der Waals surface area contributed by atoms with Gasteiger partial charge in [-0.25, -0.2) is 0 Å².